The summed E-state index contributed by atoms with van der Waals surface area (Å²) in [5, 5.41) is 10.8. The zero-order valence-electron chi connectivity index (χ0n) is 190. The lowest BCUT2D eigenvalue weighted by Gasteiger charge is -2.32. The van der Waals surface area contributed by atoms with Gasteiger partial charge in [-0.15, -0.1) is 0 Å². The van der Waals surface area contributed by atoms with Crippen LogP contribution < -0.4 is 70.6 Å². The number of pyridine rings is 8. The molecule has 11 aromatic rings. The highest BCUT2D eigenvalue weighted by Gasteiger charge is 2.64. The van der Waals surface area contributed by atoms with Crippen LogP contribution in [0.5, 0.6) is 70.2 Å². The molecule has 3 aromatic carbocycles. The minimum absolute atomic E-state index is 0. The van der Waals surface area contributed by atoms with Gasteiger partial charge < -0.3 is 96.7 Å². The number of nitrogens with two attached hydrogens (primary N) is 2. The molecule has 8 aromatic heterocycles. The van der Waals surface area contributed by atoms with Crippen molar-refractivity contribution >= 4 is 188 Å². The largest absolute Gasteiger partial charge is 0.495 e. The zero-order valence-corrected chi connectivity index (χ0v) is 90.5. The number of aromatic amines is 1. The molecule has 0 bridgehead atoms. The second-order valence-corrected chi connectivity index (χ2v) is 36.9. The van der Waals surface area contributed by atoms with Crippen molar-refractivity contribution in [1.29, 1.82) is 0 Å². The van der Waals surface area contributed by atoms with Crippen LogP contribution in [0.15, 0.2) is 165 Å². The number of carbonyl (C=O) groups is 5. The van der Waals surface area contributed by atoms with E-state index in [1.54, 1.807) is 122 Å². The average Bonchev–Trinajstić information content (AvgIpc) is 1.59. The minimum atomic E-state index is -0.871. The number of amides is 2. The van der Waals surface area contributed by atoms with Gasteiger partial charge in [-0.25, -0.2) is 44.2 Å². The van der Waals surface area contributed by atoms with Gasteiger partial charge in [-0.2, -0.15) is 15.0 Å². The van der Waals surface area contributed by atoms with Gasteiger partial charge in [-0.3, -0.25) is 28.8 Å². The summed E-state index contributed by atoms with van der Waals surface area (Å²) in [4.78, 5) is 111. The molecule has 2 amide bonds. The molecule has 4 aliphatic heterocycles. The molecule has 38 nitrogen and oxygen atoms in total. The van der Waals surface area contributed by atoms with Gasteiger partial charge in [0.05, 0.1) is 124 Å². The fraction of sp³-hybridized carbons (Fsp3) is 0.313. The molecule has 12 heterocycles. The molecule has 6 N–H and O–H groups in total. The predicted octanol–water partition coefficient (Wildman–Crippen LogP) is 34.9. The highest BCUT2D eigenvalue weighted by molar-refractivity contribution is 9.10. The highest BCUT2D eigenvalue weighted by Crippen LogP contribution is 2.45. The van der Waals surface area contributed by atoms with Gasteiger partial charge in [0, 0.05) is 185 Å². The van der Waals surface area contributed by atoms with E-state index in [1.807, 2.05) is 118 Å². The Balaban J connectivity index is -0.0000000388. The quantitative estimate of drug-likeness (QED) is 0.0179. The Kier molecular flexibility index (Phi) is 24.5. The van der Waals surface area contributed by atoms with Gasteiger partial charge in [0.25, 0.3) is 11.8 Å². The van der Waals surface area contributed by atoms with E-state index >= 15 is 0 Å². The minimum Gasteiger partial charge on any atom is -0.487 e. The molecule has 3 fully saturated rings. The molecule has 4 aliphatic rings. The first-order valence-electron chi connectivity index (χ1n) is 97.8. The average molecular weight is 2470 g/mol. The van der Waals surface area contributed by atoms with Crippen LogP contribution in [0.1, 0.15) is 341 Å². The number of aromatic nitrogens is 8. The number of nitrogens with one attached hydrogen (secondary N) is 1. The zero-order chi connectivity index (χ0) is 216. The molecular weight excluding hydrogens is 2150 g/mol. The Morgan fingerprint density at radius 2 is 0.736 bits per heavy atom. The van der Waals surface area contributed by atoms with Gasteiger partial charge in [-0.1, -0.05) is 86.1 Å². The summed E-state index contributed by atoms with van der Waals surface area (Å²) in [5.41, 5.74) is 12.9. The maximum atomic E-state index is 11.7. The first kappa shape index (κ1) is 64.1. The molecule has 0 radical (unpaired) electrons. The number of ether oxygens (including phenoxy) is 9. The molecule has 0 unspecified atom stereocenters. The number of fused-ring (bicyclic) bond motifs is 1. The van der Waals surface area contributed by atoms with E-state index in [-0.39, 0.29) is 91.1 Å². The Hall–Kier alpha value is -13.4. The molecular formula is C99H210B4Br2Cl5N15O23. The van der Waals surface area contributed by atoms with Crippen LogP contribution in [0.2, 0.25) is 25.8 Å². The SMILES string of the molecule is CC1(C)OB(B2OC(C)(C)C(C)(C)O2)OC1(C)C.CCOc1nc(Cl)ccc1C(N)=O.NC(=O)c1ccc(Cl)nc1Cl.O=Cc1[nH]c(=O)ccc1Br.[2HH].[2H][2H].[2H][2H].[2H][2H].[2H][2H].[2H][2H].[2H][2H].[2H][2H].[2H][2H].[2H][2H].[2H][2H].[2H][2H].[2H][2H].[2H][2H].[2H][2H].[2H][2H].[2H][2H].[2H][2H].[2H][2H].[2H][2H].[2H][2H].[2H][2H].[2H][2H].[2H][2H].[2H][2H].[2H][2H].[2H][2H].[2H][2H].[2H][2H].[2H][2H].[2H][2H].[2H][2H].[2H][2H].[2H][2H].[2H][2H].[2H][2H].[2H][2H].[2H][2H].[2H][2H].[2H][2H].[2H][2H].[2H][2H].[2H][2H].[2H][2H].[2H][2H].[2H][2H].[2H][2H].[2H][2H].[2H][2H].[2H][2H].[2H][2H].[2H][2H].[2H][2H].[2H][2H].[C-]#[N+]c1ccc(Cl)nc1OCC.[C-]#[N+]c1ccc(Cl)nc1OCC.[C-]#[N+]c1ccc(Oc2ccc(B3OC(C)(C)C(C)(C)O3)c(C=O)c2)nc1OCC.[C-]#[N+]c1ccc(Oc2ccc(Br)c(C=O)c2)nc1OCC.[C-]#[N+]c1ccc(Oc2ccc3c(c2)COB3O)nc1OCC. The number of nitrogens with zero attached hydrogens (tertiary/aromatic N) is 12. The highest BCUT2D eigenvalue weighted by atomic mass is 79.9. The molecule has 0 atom stereocenters. The summed E-state index contributed by atoms with van der Waals surface area (Å²) >= 11 is 34.2. The topological polar surface area (TPSA) is 450 Å². The second kappa shape index (κ2) is 56.7. The number of halogens is 7. The number of aldehydes is 3. The Bertz CT molecular complexity index is 6920. The lowest BCUT2D eigenvalue weighted by molar-refractivity contribution is 0.00578. The first-order valence-corrected chi connectivity index (χ1v) is 48.3. The first-order chi connectivity index (χ1) is 123. The molecule has 49 heteroatoms. The normalized spacial score (nSPS) is 17.0. The molecule has 880 valence electrons. The van der Waals surface area contributed by atoms with Crippen molar-refractivity contribution in [2.45, 2.75) is 165 Å². The van der Waals surface area contributed by atoms with Gasteiger partial charge in [-0.05, 0) is 291 Å². The molecule has 0 saturated carbocycles. The van der Waals surface area contributed by atoms with Crippen molar-refractivity contribution in [1.82, 2.24) is 39.9 Å². The third kappa shape index (κ3) is 34.6. The van der Waals surface area contributed by atoms with Crippen molar-refractivity contribution in [3.8, 4) is 70.2 Å². The number of rotatable bonds is 25. The fourth-order valence-electron chi connectivity index (χ4n) is 12.1. The second-order valence-electron chi connectivity index (χ2n) is 33.3. The van der Waals surface area contributed by atoms with Crippen molar-refractivity contribution in [2.24, 2.45) is 11.5 Å². The third-order valence-corrected chi connectivity index (χ3v) is 24.1. The number of hydrogen-bond donors (Lipinski definition) is 4. The van der Waals surface area contributed by atoms with Gasteiger partial charge in [0.1, 0.15) is 54.9 Å². The van der Waals surface area contributed by atoms with Crippen LogP contribution in [-0.4, -0.2) is 177 Å². The van der Waals surface area contributed by atoms with Crippen LogP contribution in [0.4, 0.5) is 28.4 Å². The third-order valence-electron chi connectivity index (χ3n) is 21.5. The number of primary amides is 2. The maximum absolute atomic E-state index is 11.7. The monoisotopic (exact) mass is 2460 g/mol. The molecule has 3 saturated heterocycles. The smallest absolute Gasteiger partial charge is 0.487 e. The van der Waals surface area contributed by atoms with Crippen LogP contribution in [0.25, 0.3) is 24.2 Å². The summed E-state index contributed by atoms with van der Waals surface area (Å²) in [6.45, 7) is 72.8. The molecule has 148 heavy (non-hydrogen) atoms. The van der Waals surface area contributed by atoms with Crippen molar-refractivity contribution in [3.63, 3.8) is 0 Å². The Morgan fingerprint density at radius 1 is 0.419 bits per heavy atom. The molecule has 15 rings (SSSR count). The maximum Gasteiger partial charge on any atom is 0.495 e. The Labute approximate surface area is 1060 Å². The van der Waals surface area contributed by atoms with Crippen LogP contribution in [0.3, 0.4) is 0 Å². The lowest BCUT2D eigenvalue weighted by atomic mass is 9.49. The van der Waals surface area contributed by atoms with Crippen LogP contribution in [-0.2, 0) is 39.2 Å². The van der Waals surface area contributed by atoms with Crippen LogP contribution >= 0.6 is 89.9 Å². The summed E-state index contributed by atoms with van der Waals surface area (Å²) < 4.78 is 621. The van der Waals surface area contributed by atoms with E-state index in [2.05, 4.69) is 96.0 Å². The number of benzene rings is 3. The predicted molar refractivity (Wildman–Crippen MR) is 683 cm³/mol. The summed E-state index contributed by atoms with van der Waals surface area (Å²) in [5.74, 6) is 2.71. The summed E-state index contributed by atoms with van der Waals surface area (Å²) in [6.07, 6.45) is 2.07. The summed E-state index contributed by atoms with van der Waals surface area (Å²) in [7, 11) is -2.47. The molecule has 0 spiro atoms. The fourth-order valence-corrected chi connectivity index (χ4v) is 13.6. The lowest BCUT2D eigenvalue weighted by Crippen LogP contribution is -2.41. The van der Waals surface area contributed by atoms with Gasteiger partial charge >= 0.3 is 28.3 Å². The molecule has 0 aliphatic carbocycles. The van der Waals surface area contributed by atoms with Gasteiger partial charge in [0.15, 0.2) is 12.6 Å². The van der Waals surface area contributed by atoms with Crippen LogP contribution in [0, 0.1) is 32.9 Å². The van der Waals surface area contributed by atoms with Crippen molar-refractivity contribution in [3.05, 3.63) is 287 Å². The van der Waals surface area contributed by atoms with Crippen molar-refractivity contribution in [2.75, 3.05) is 39.6 Å². The summed E-state index contributed by atoms with van der Waals surface area (Å²) in [6, 6.07) is 40.0. The van der Waals surface area contributed by atoms with E-state index in [4.69, 9.17) is 335 Å². The van der Waals surface area contributed by atoms with E-state index < -0.39 is 51.3 Å². The van der Waals surface area contributed by atoms with Crippen molar-refractivity contribution < 1.29 is 263 Å². The van der Waals surface area contributed by atoms with E-state index in [1.165, 1.54) is 36.4 Å². The van der Waals surface area contributed by atoms with E-state index in [0.29, 0.717) is 158 Å². The standard InChI is InChI=1S/C21H23BN2O5.C15H13BN2O4.C15H11BrN2O3.C12H24B2O4.C8H9ClN2O2.2C8H7ClN2O.C6H4BrNO2.C6H4Cl2N2O.54H2/c1-7-26-19-17(23-6)10-11-18(24-19)27-15-8-9-16(14(12-15)13-25)22-28-20(2,3)21(4,5)29-22;1-3-20-15-13(17-2)6-7-14(18-15)22-11-4-5-12-10(8-11)9-21-16(12)19;1-3-20-15-13(17-2)6-7-14(18-15)21-11-4-5-12(16)10(8-11)9-19;1-9(2)10(3,4)16-13(15-9)14-17-11(5,6)12(7,8)18-14;1-2-13-8-5(7(10)12)3-4-6(9)11-8;2*1-3-12-8-6(10-2)4-5-7(9)11-8;7-4-1-2-6(10)8-5(4)3-9;7-4-2-1-3(6(9)11)5(8)10-4;;;;;;;;;;;;;;;;;;;;;;;;;;;;;;;;;;;;;;;;;;;;;;;;;;;;;;/h8-13H,7H2,1-5H3;4-8,19H,3,9H2,1H3;4-9H,3H2,1H3;1-8H3;3-4H,2H2,1H3,(H2,10,12);2*4-5H,3H2,1H3;1-3H,(H,8,10);1-2H,(H2,9,11);54*1H/i;;;;;;;;;53*1+1D;1+1. The van der Waals surface area contributed by atoms with E-state index in [0.717, 1.165) is 23.6 Å². The number of carbonyl (C=O) groups excluding carboxylic acids is 5. The Morgan fingerprint density at radius 3 is 1.09 bits per heavy atom. The number of H-pyrrole nitrogens is 1. The van der Waals surface area contributed by atoms with Gasteiger partial charge in [0.2, 0.25) is 86.9 Å². The number of hydrogen-bond acceptors (Lipinski definition) is 30. The van der Waals surface area contributed by atoms with E-state index in [9.17, 15) is 33.8 Å².